The van der Waals surface area contributed by atoms with Gasteiger partial charge < -0.3 is 44.8 Å². The van der Waals surface area contributed by atoms with Gasteiger partial charge in [-0.2, -0.15) is 0 Å². The molecule has 3 aliphatic rings. The Hall–Kier alpha value is -1.86. The van der Waals surface area contributed by atoms with Gasteiger partial charge in [-0.1, -0.05) is 39.0 Å². The zero-order valence-corrected chi connectivity index (χ0v) is 23.9. The van der Waals surface area contributed by atoms with Crippen LogP contribution in [0.25, 0.3) is 0 Å². The van der Waals surface area contributed by atoms with Crippen molar-refractivity contribution in [3.8, 4) is 0 Å². The third-order valence-corrected chi connectivity index (χ3v) is 9.55. The van der Waals surface area contributed by atoms with Crippen molar-refractivity contribution in [3.05, 3.63) is 23.8 Å². The Bertz CT molecular complexity index is 962. The van der Waals surface area contributed by atoms with Crippen LogP contribution in [0.4, 0.5) is 0 Å². The summed E-state index contributed by atoms with van der Waals surface area (Å²) in [6.45, 7) is 12.1. The number of carbonyl (C=O) groups is 2. The number of aliphatic carboxylic acids is 1. The fourth-order valence-corrected chi connectivity index (χ4v) is 7.05. The van der Waals surface area contributed by atoms with Crippen LogP contribution in [-0.4, -0.2) is 98.7 Å². The maximum atomic E-state index is 11.7. The minimum absolute atomic E-state index is 0.00548. The minimum Gasteiger partial charge on any atom is -0.481 e. The lowest BCUT2D eigenvalue weighted by molar-refractivity contribution is -0.314. The molecule has 0 spiro atoms. The second-order valence-corrected chi connectivity index (χ2v) is 12.5. The van der Waals surface area contributed by atoms with Crippen molar-refractivity contribution >= 4 is 11.9 Å². The van der Waals surface area contributed by atoms with Crippen LogP contribution in [0.1, 0.15) is 66.2 Å². The van der Waals surface area contributed by atoms with E-state index in [0.29, 0.717) is 12.8 Å². The number of carboxylic acid groups (broad SMARTS) is 1. The molecule has 2 aliphatic carbocycles. The first kappa shape index (κ1) is 32.7. The average Bonchev–Trinajstić information content (AvgIpc) is 2.87. The number of esters is 1. The molecule has 0 aromatic heterocycles. The van der Waals surface area contributed by atoms with Gasteiger partial charge in [0.15, 0.2) is 6.29 Å². The first-order valence-electron chi connectivity index (χ1n) is 14.0. The zero-order valence-electron chi connectivity index (χ0n) is 23.9. The molecule has 1 heterocycles. The van der Waals surface area contributed by atoms with Gasteiger partial charge in [-0.05, 0) is 67.3 Å². The molecule has 3 rings (SSSR count). The van der Waals surface area contributed by atoms with Gasteiger partial charge in [-0.15, -0.1) is 0 Å². The van der Waals surface area contributed by atoms with E-state index in [1.807, 2.05) is 20.8 Å². The Labute approximate surface area is 235 Å². The highest BCUT2D eigenvalue weighted by molar-refractivity contribution is 5.90. The summed E-state index contributed by atoms with van der Waals surface area (Å²) < 4.78 is 16.9. The van der Waals surface area contributed by atoms with Crippen molar-refractivity contribution in [2.75, 3.05) is 13.2 Å². The van der Waals surface area contributed by atoms with E-state index in [1.54, 1.807) is 6.08 Å². The van der Waals surface area contributed by atoms with Crippen LogP contribution in [-0.2, 0) is 23.8 Å². The number of ether oxygens (including phenoxy) is 3. The highest BCUT2D eigenvalue weighted by atomic mass is 16.7. The fraction of sp³-hybridized carbons (Fsp3) is 0.793. The van der Waals surface area contributed by atoms with Crippen LogP contribution in [0, 0.1) is 22.7 Å². The molecule has 0 unspecified atom stereocenters. The topological polar surface area (TPSA) is 183 Å². The molecular formula is C29H46O11. The van der Waals surface area contributed by atoms with Gasteiger partial charge in [0.05, 0.1) is 18.8 Å². The lowest BCUT2D eigenvalue weighted by atomic mass is 9.46. The molecular weight excluding hydrogens is 524 g/mol. The zero-order chi connectivity index (χ0) is 30.0. The Morgan fingerprint density at radius 3 is 2.42 bits per heavy atom. The number of aliphatic hydroxyl groups is 5. The largest absolute Gasteiger partial charge is 0.481 e. The summed E-state index contributed by atoms with van der Waals surface area (Å²) in [6, 6.07) is 0. The predicted octanol–water partition coefficient (Wildman–Crippen LogP) is 1.30. The van der Waals surface area contributed by atoms with Crippen molar-refractivity contribution in [2.45, 2.75) is 109 Å². The van der Waals surface area contributed by atoms with E-state index in [-0.39, 0.29) is 23.9 Å². The van der Waals surface area contributed by atoms with Gasteiger partial charge >= 0.3 is 11.9 Å². The summed E-state index contributed by atoms with van der Waals surface area (Å²) in [5.74, 6) is -2.39. The Morgan fingerprint density at radius 1 is 1.12 bits per heavy atom. The molecule has 11 heteroatoms. The summed E-state index contributed by atoms with van der Waals surface area (Å²) in [7, 11) is 0. The van der Waals surface area contributed by atoms with Gasteiger partial charge in [-0.25, -0.2) is 0 Å². The second-order valence-electron chi connectivity index (χ2n) is 12.5. The Kier molecular flexibility index (Phi) is 10.6. The van der Waals surface area contributed by atoms with Crippen LogP contribution < -0.4 is 0 Å². The number of hydrogen-bond acceptors (Lipinski definition) is 10. The Balaban J connectivity index is 1.83. The van der Waals surface area contributed by atoms with Gasteiger partial charge in [0, 0.05) is 0 Å². The fourth-order valence-electron chi connectivity index (χ4n) is 7.05. The van der Waals surface area contributed by atoms with E-state index < -0.39 is 73.3 Å². The molecule has 10 atom stereocenters. The molecule has 1 aliphatic heterocycles. The smallest absolute Gasteiger partial charge is 0.317 e. The van der Waals surface area contributed by atoms with Gasteiger partial charge in [0.1, 0.15) is 37.4 Å². The van der Waals surface area contributed by atoms with Crippen LogP contribution >= 0.6 is 0 Å². The summed E-state index contributed by atoms with van der Waals surface area (Å²) in [5.41, 5.74) is 1.24. The van der Waals surface area contributed by atoms with E-state index in [2.05, 4.69) is 13.5 Å². The second kappa shape index (κ2) is 13.0. The molecule has 6 N–H and O–H groups in total. The molecule has 0 bridgehead atoms. The van der Waals surface area contributed by atoms with Gasteiger partial charge in [-0.3, -0.25) is 9.59 Å². The van der Waals surface area contributed by atoms with E-state index in [4.69, 9.17) is 19.3 Å². The van der Waals surface area contributed by atoms with Gasteiger partial charge in [0.2, 0.25) is 0 Å². The van der Waals surface area contributed by atoms with Crippen molar-refractivity contribution in [2.24, 2.45) is 22.7 Å². The number of carbonyl (C=O) groups excluding carboxylic acids is 1. The first-order valence-corrected chi connectivity index (χ1v) is 14.0. The predicted molar refractivity (Wildman–Crippen MR) is 143 cm³/mol. The summed E-state index contributed by atoms with van der Waals surface area (Å²) in [6.07, 6.45) is -4.30. The molecule has 2 saturated carbocycles. The third-order valence-electron chi connectivity index (χ3n) is 9.55. The van der Waals surface area contributed by atoms with Crippen LogP contribution in [0.15, 0.2) is 23.8 Å². The third kappa shape index (κ3) is 6.78. The normalized spacial score (nSPS) is 39.9. The van der Waals surface area contributed by atoms with E-state index in [1.165, 1.54) is 0 Å². The lowest BCUT2D eigenvalue weighted by Crippen LogP contribution is -2.61. The highest BCUT2D eigenvalue weighted by Gasteiger charge is 2.58. The maximum absolute atomic E-state index is 11.7. The number of rotatable bonds is 10. The molecule has 1 saturated heterocycles. The molecule has 0 radical (unpaired) electrons. The quantitative estimate of drug-likeness (QED) is 0.0963. The molecule has 40 heavy (non-hydrogen) atoms. The molecule has 3 fully saturated rings. The van der Waals surface area contributed by atoms with E-state index in [0.717, 1.165) is 30.4 Å². The van der Waals surface area contributed by atoms with Crippen LogP contribution in [0.2, 0.25) is 0 Å². The van der Waals surface area contributed by atoms with Crippen molar-refractivity contribution in [1.82, 2.24) is 0 Å². The van der Waals surface area contributed by atoms with Crippen LogP contribution in [0.5, 0.6) is 0 Å². The maximum Gasteiger partial charge on any atom is 0.317 e. The lowest BCUT2D eigenvalue weighted by Gasteiger charge is -2.61. The van der Waals surface area contributed by atoms with Crippen LogP contribution in [0.3, 0.4) is 0 Å². The number of allylic oxidation sites excluding steroid dienone is 1. The molecule has 0 aromatic carbocycles. The average molecular weight is 571 g/mol. The van der Waals surface area contributed by atoms with Crippen molar-refractivity contribution in [3.63, 3.8) is 0 Å². The SMILES string of the molecule is C=C1[C@@H](O[C@H]2O[C@@H](COC(=O)CC(=O)O)[C@H](O)[C@@H](O)[C@@H]2O)C[C@@H]2C(C)(C)[C@@H](O)CC[C@@]2(C)[C@@H]1CC/C(C)=C\CO. The summed E-state index contributed by atoms with van der Waals surface area (Å²) >= 11 is 0. The van der Waals surface area contributed by atoms with E-state index >= 15 is 0 Å². The van der Waals surface area contributed by atoms with E-state index in [9.17, 15) is 35.1 Å². The molecule has 228 valence electrons. The summed E-state index contributed by atoms with van der Waals surface area (Å²) in [4.78, 5) is 22.4. The monoisotopic (exact) mass is 570 g/mol. The summed E-state index contributed by atoms with van der Waals surface area (Å²) in [5, 5.41) is 60.6. The van der Waals surface area contributed by atoms with Gasteiger partial charge in [0.25, 0.3) is 0 Å². The Morgan fingerprint density at radius 2 is 1.80 bits per heavy atom. The standard InChI is InChI=1S/C29H46O11/c1-15(9-11-30)6-7-17-16(2)18(12-20-28(3,4)21(31)8-10-29(17,20)5)39-27-26(37)25(36)24(35)19(40-27)14-38-23(34)13-22(32)33/h9,17-21,24-27,30-31,35-37H,2,6-8,10-14H2,1,3-5H3,(H,32,33)/b15-9-/t17-,18+,19+,20-,21+,24+,25-,26+,27+,29+/m1/s1. The highest BCUT2D eigenvalue weighted by Crippen LogP contribution is 2.62. The molecule has 0 amide bonds. The number of carboxylic acids is 1. The molecule has 11 nitrogen and oxygen atoms in total. The number of fused-ring (bicyclic) bond motifs is 1. The minimum atomic E-state index is -1.67. The van der Waals surface area contributed by atoms with Crippen molar-refractivity contribution < 1.29 is 54.4 Å². The number of aliphatic hydroxyl groups excluding tert-OH is 5. The molecule has 0 aromatic rings. The number of hydrogen-bond donors (Lipinski definition) is 6. The first-order chi connectivity index (χ1) is 18.6. The van der Waals surface area contributed by atoms with Crippen molar-refractivity contribution in [1.29, 1.82) is 0 Å².